The molecule has 5 nitrogen and oxygen atoms in total. The fourth-order valence-electron chi connectivity index (χ4n) is 2.47. The third-order valence-corrected chi connectivity index (χ3v) is 4.65. The lowest BCUT2D eigenvalue weighted by atomic mass is 10.2. The first-order valence-corrected chi connectivity index (χ1v) is 7.38. The molecule has 0 saturated heterocycles. The molecule has 0 radical (unpaired) electrons. The summed E-state index contributed by atoms with van der Waals surface area (Å²) in [5.41, 5.74) is 8.01. The van der Waals surface area contributed by atoms with Gasteiger partial charge in [-0.05, 0) is 53.6 Å². The highest BCUT2D eigenvalue weighted by Crippen LogP contribution is 2.36. The zero-order valence-corrected chi connectivity index (χ0v) is 11.7. The summed E-state index contributed by atoms with van der Waals surface area (Å²) in [5, 5.41) is 12.9. The third kappa shape index (κ3) is 2.45. The lowest BCUT2D eigenvalue weighted by Gasteiger charge is -2.12. The minimum absolute atomic E-state index is 0.448. The fraction of sp³-hybridized carbons (Fsp3) is 0.462. The summed E-state index contributed by atoms with van der Waals surface area (Å²) < 4.78 is 1.96. The van der Waals surface area contributed by atoms with E-state index in [0.717, 1.165) is 21.3 Å². The Labute approximate surface area is 116 Å². The molecule has 19 heavy (non-hydrogen) atoms. The van der Waals surface area contributed by atoms with E-state index in [9.17, 15) is 0 Å². The minimum atomic E-state index is 0.448. The fourth-order valence-corrected chi connectivity index (χ4v) is 3.44. The number of tetrazole rings is 1. The van der Waals surface area contributed by atoms with Crippen LogP contribution in [0.3, 0.4) is 0 Å². The van der Waals surface area contributed by atoms with Gasteiger partial charge in [-0.2, -0.15) is 0 Å². The van der Waals surface area contributed by atoms with Crippen molar-refractivity contribution >= 4 is 17.4 Å². The molecule has 0 bridgehead atoms. The summed E-state index contributed by atoms with van der Waals surface area (Å²) in [6.07, 6.45) is 4.87. The van der Waals surface area contributed by atoms with Crippen molar-refractivity contribution in [2.75, 3.05) is 5.73 Å². The highest BCUT2D eigenvalue weighted by Gasteiger charge is 2.22. The quantitative estimate of drug-likeness (QED) is 0.872. The SMILES string of the molecule is Cc1cccc(Sc2nnnn2C2CCCC2)c1N. The summed E-state index contributed by atoms with van der Waals surface area (Å²) >= 11 is 1.55. The highest BCUT2D eigenvalue weighted by atomic mass is 32.2. The number of hydrogen-bond donors (Lipinski definition) is 1. The number of aryl methyl sites for hydroxylation is 1. The van der Waals surface area contributed by atoms with Crippen molar-refractivity contribution in [1.82, 2.24) is 20.2 Å². The molecule has 1 aromatic carbocycles. The van der Waals surface area contributed by atoms with Gasteiger partial charge in [-0.15, -0.1) is 5.10 Å². The number of nitrogen functional groups attached to an aromatic ring is 1. The number of nitrogens with two attached hydrogens (primary N) is 1. The van der Waals surface area contributed by atoms with Crippen molar-refractivity contribution < 1.29 is 0 Å². The van der Waals surface area contributed by atoms with Crippen molar-refractivity contribution in [3.63, 3.8) is 0 Å². The number of hydrogen-bond acceptors (Lipinski definition) is 5. The number of benzene rings is 1. The Morgan fingerprint density at radius 2 is 2.11 bits per heavy atom. The number of anilines is 1. The van der Waals surface area contributed by atoms with E-state index in [4.69, 9.17) is 5.73 Å². The van der Waals surface area contributed by atoms with Crippen molar-refractivity contribution in [3.8, 4) is 0 Å². The van der Waals surface area contributed by atoms with Crippen LogP contribution < -0.4 is 5.73 Å². The number of para-hydroxylation sites is 1. The Bertz CT molecular complexity index is 574. The summed E-state index contributed by atoms with van der Waals surface area (Å²) in [4.78, 5) is 1.02. The number of rotatable bonds is 3. The van der Waals surface area contributed by atoms with E-state index in [0.29, 0.717) is 6.04 Å². The van der Waals surface area contributed by atoms with Gasteiger partial charge < -0.3 is 5.73 Å². The summed E-state index contributed by atoms with van der Waals surface area (Å²) in [7, 11) is 0. The maximum atomic E-state index is 6.10. The first kappa shape index (κ1) is 12.5. The molecule has 3 rings (SSSR count). The second-order valence-electron chi connectivity index (χ2n) is 4.93. The van der Waals surface area contributed by atoms with Crippen molar-refractivity contribution in [3.05, 3.63) is 23.8 Å². The van der Waals surface area contributed by atoms with Gasteiger partial charge >= 0.3 is 0 Å². The predicted molar refractivity (Wildman–Crippen MR) is 75.0 cm³/mol. The van der Waals surface area contributed by atoms with Gasteiger partial charge in [0, 0.05) is 10.6 Å². The third-order valence-electron chi connectivity index (χ3n) is 3.62. The summed E-state index contributed by atoms with van der Waals surface area (Å²) in [6.45, 7) is 2.01. The summed E-state index contributed by atoms with van der Waals surface area (Å²) in [6, 6.07) is 6.49. The van der Waals surface area contributed by atoms with Crippen LogP contribution in [0, 0.1) is 6.92 Å². The van der Waals surface area contributed by atoms with Gasteiger partial charge in [-0.3, -0.25) is 0 Å². The van der Waals surface area contributed by atoms with Crippen molar-refractivity contribution in [1.29, 1.82) is 0 Å². The molecule has 1 aliphatic carbocycles. The van der Waals surface area contributed by atoms with Gasteiger partial charge in [-0.25, -0.2) is 4.68 Å². The maximum Gasteiger partial charge on any atom is 0.214 e. The molecule has 0 unspecified atom stereocenters. The maximum absolute atomic E-state index is 6.10. The molecule has 6 heteroatoms. The highest BCUT2D eigenvalue weighted by molar-refractivity contribution is 7.99. The average Bonchev–Trinajstić information content (AvgIpc) is 3.05. The summed E-state index contributed by atoms with van der Waals surface area (Å²) in [5.74, 6) is 0. The van der Waals surface area contributed by atoms with Crippen molar-refractivity contribution in [2.45, 2.75) is 48.7 Å². The van der Waals surface area contributed by atoms with Gasteiger partial charge in [0.1, 0.15) is 0 Å². The van der Waals surface area contributed by atoms with E-state index in [1.807, 2.05) is 29.8 Å². The van der Waals surface area contributed by atoms with Gasteiger partial charge in [0.25, 0.3) is 0 Å². The van der Waals surface area contributed by atoms with E-state index >= 15 is 0 Å². The Morgan fingerprint density at radius 3 is 2.89 bits per heavy atom. The molecule has 100 valence electrons. The van der Waals surface area contributed by atoms with Crippen LogP contribution in [-0.2, 0) is 0 Å². The van der Waals surface area contributed by atoms with Crippen LogP contribution in [-0.4, -0.2) is 20.2 Å². The molecule has 0 spiro atoms. The van der Waals surface area contributed by atoms with Crippen LogP contribution in [0.2, 0.25) is 0 Å². The molecule has 1 fully saturated rings. The Kier molecular flexibility index (Phi) is 3.42. The van der Waals surface area contributed by atoms with Crippen LogP contribution in [0.5, 0.6) is 0 Å². The van der Waals surface area contributed by atoms with E-state index in [1.54, 1.807) is 11.8 Å². The monoisotopic (exact) mass is 275 g/mol. The zero-order chi connectivity index (χ0) is 13.2. The second-order valence-corrected chi connectivity index (χ2v) is 5.94. The van der Waals surface area contributed by atoms with Crippen LogP contribution in [0.15, 0.2) is 28.3 Å². The number of nitrogens with zero attached hydrogens (tertiary/aromatic N) is 4. The van der Waals surface area contributed by atoms with E-state index < -0.39 is 0 Å². The molecular formula is C13H17N5S. The molecule has 1 aliphatic rings. The van der Waals surface area contributed by atoms with Crippen LogP contribution in [0.1, 0.15) is 37.3 Å². The first-order chi connectivity index (χ1) is 9.25. The van der Waals surface area contributed by atoms with Gasteiger partial charge in [-0.1, -0.05) is 25.0 Å². The Hall–Kier alpha value is -1.56. The van der Waals surface area contributed by atoms with E-state index in [-0.39, 0.29) is 0 Å². The molecule has 0 aliphatic heterocycles. The van der Waals surface area contributed by atoms with Crippen LogP contribution >= 0.6 is 11.8 Å². The largest absolute Gasteiger partial charge is 0.398 e. The Morgan fingerprint density at radius 1 is 1.32 bits per heavy atom. The smallest absolute Gasteiger partial charge is 0.214 e. The minimum Gasteiger partial charge on any atom is -0.398 e. The lowest BCUT2D eigenvalue weighted by Crippen LogP contribution is -2.08. The number of aromatic nitrogens is 4. The predicted octanol–water partition coefficient (Wildman–Crippen LogP) is 2.83. The molecule has 2 N–H and O–H groups in total. The molecule has 1 saturated carbocycles. The zero-order valence-electron chi connectivity index (χ0n) is 10.9. The molecule has 2 aromatic rings. The van der Waals surface area contributed by atoms with Crippen LogP contribution in [0.25, 0.3) is 0 Å². The van der Waals surface area contributed by atoms with E-state index in [2.05, 4.69) is 15.5 Å². The molecule has 0 amide bonds. The molecular weight excluding hydrogens is 258 g/mol. The Balaban J connectivity index is 1.87. The average molecular weight is 275 g/mol. The molecule has 1 aromatic heterocycles. The second kappa shape index (κ2) is 5.21. The molecule has 1 heterocycles. The normalized spacial score (nSPS) is 16.1. The van der Waals surface area contributed by atoms with E-state index in [1.165, 1.54) is 25.7 Å². The van der Waals surface area contributed by atoms with Gasteiger partial charge in [0.15, 0.2) is 0 Å². The standard InChI is InChI=1S/C13H17N5S/c1-9-5-4-8-11(12(9)14)19-13-15-16-17-18(13)10-6-2-3-7-10/h4-5,8,10H,2-3,6-7,14H2,1H3. The van der Waals surface area contributed by atoms with Gasteiger partial charge in [0.2, 0.25) is 5.16 Å². The lowest BCUT2D eigenvalue weighted by molar-refractivity contribution is 0.423. The topological polar surface area (TPSA) is 69.6 Å². The van der Waals surface area contributed by atoms with Crippen LogP contribution in [0.4, 0.5) is 5.69 Å². The van der Waals surface area contributed by atoms with Crippen molar-refractivity contribution in [2.24, 2.45) is 0 Å². The molecule has 0 atom stereocenters. The van der Waals surface area contributed by atoms with Gasteiger partial charge in [0.05, 0.1) is 6.04 Å². The first-order valence-electron chi connectivity index (χ1n) is 6.56.